The number of sulfonamides is 1. The number of nitrogens with one attached hydrogen (secondary N) is 1. The summed E-state index contributed by atoms with van der Waals surface area (Å²) in [5, 5.41) is 1.52. The molecular weight excluding hydrogens is 373 g/mol. The molecule has 0 unspecified atom stereocenters. The average Bonchev–Trinajstić information content (AvgIpc) is 3.06. The molecule has 1 saturated carbocycles. The quantitative estimate of drug-likeness (QED) is 0.755. The SMILES string of the molecule is O=S(=O)(NCC1(CCBr)CC1)c1cc(Cl)cc(Cl)c1. The monoisotopic (exact) mass is 385 g/mol. The van der Waals surface area contributed by atoms with Crippen LogP contribution in [0.15, 0.2) is 23.1 Å². The lowest BCUT2D eigenvalue weighted by molar-refractivity contribution is 0.480. The Kier molecular flexibility index (Phi) is 4.83. The van der Waals surface area contributed by atoms with Crippen molar-refractivity contribution in [1.82, 2.24) is 4.72 Å². The van der Waals surface area contributed by atoms with Gasteiger partial charge in [-0.1, -0.05) is 39.1 Å². The normalized spacial score (nSPS) is 17.4. The standard InChI is InChI=1S/C12H14BrCl2NO2S/c13-4-3-12(1-2-12)8-16-19(17,18)11-6-9(14)5-10(15)7-11/h5-7,16H,1-4,8H2. The van der Waals surface area contributed by atoms with Crippen molar-refractivity contribution in [1.29, 1.82) is 0 Å². The molecule has 1 aliphatic rings. The van der Waals surface area contributed by atoms with Crippen LogP contribution in [0.3, 0.4) is 0 Å². The van der Waals surface area contributed by atoms with E-state index in [9.17, 15) is 8.42 Å². The molecule has 0 atom stereocenters. The average molecular weight is 387 g/mol. The first-order valence-electron chi connectivity index (χ1n) is 5.89. The Morgan fingerprint density at radius 3 is 2.26 bits per heavy atom. The van der Waals surface area contributed by atoms with E-state index in [1.54, 1.807) is 0 Å². The van der Waals surface area contributed by atoms with Crippen molar-refractivity contribution in [2.45, 2.75) is 24.2 Å². The van der Waals surface area contributed by atoms with Crippen LogP contribution in [0.2, 0.25) is 10.0 Å². The Morgan fingerprint density at radius 2 is 1.79 bits per heavy atom. The molecule has 1 fully saturated rings. The fourth-order valence-corrected chi connectivity index (χ4v) is 4.63. The number of rotatable bonds is 6. The second-order valence-corrected chi connectivity index (χ2v) is 8.30. The highest BCUT2D eigenvalue weighted by Crippen LogP contribution is 2.48. The van der Waals surface area contributed by atoms with Crippen LogP contribution in [-0.4, -0.2) is 20.3 Å². The molecule has 1 aromatic carbocycles. The van der Waals surface area contributed by atoms with Crippen LogP contribution in [0, 0.1) is 5.41 Å². The molecule has 1 aromatic rings. The summed E-state index contributed by atoms with van der Waals surface area (Å²) in [6, 6.07) is 4.31. The third-order valence-corrected chi connectivity index (χ3v) is 5.58. The molecule has 0 spiro atoms. The minimum absolute atomic E-state index is 0.111. The van der Waals surface area contributed by atoms with E-state index in [4.69, 9.17) is 23.2 Å². The molecule has 0 heterocycles. The second-order valence-electron chi connectivity index (χ2n) is 4.87. The van der Waals surface area contributed by atoms with Crippen LogP contribution < -0.4 is 4.72 Å². The van der Waals surface area contributed by atoms with E-state index in [0.29, 0.717) is 16.6 Å². The van der Waals surface area contributed by atoms with E-state index in [2.05, 4.69) is 20.7 Å². The van der Waals surface area contributed by atoms with Crippen LogP contribution in [0.1, 0.15) is 19.3 Å². The molecule has 0 amide bonds. The summed E-state index contributed by atoms with van der Waals surface area (Å²) in [5.41, 5.74) is 0.124. The highest BCUT2D eigenvalue weighted by Gasteiger charge is 2.42. The van der Waals surface area contributed by atoms with Crippen LogP contribution in [0.4, 0.5) is 0 Å². The summed E-state index contributed by atoms with van der Waals surface area (Å²) in [5.74, 6) is 0. The van der Waals surface area contributed by atoms with Gasteiger partial charge in [-0.25, -0.2) is 13.1 Å². The molecule has 0 aromatic heterocycles. The van der Waals surface area contributed by atoms with Crippen molar-refractivity contribution in [3.8, 4) is 0 Å². The van der Waals surface area contributed by atoms with Gasteiger partial charge in [0.1, 0.15) is 0 Å². The molecule has 2 rings (SSSR count). The van der Waals surface area contributed by atoms with E-state index in [0.717, 1.165) is 24.6 Å². The smallest absolute Gasteiger partial charge is 0.211 e. The van der Waals surface area contributed by atoms with Crippen LogP contribution in [0.5, 0.6) is 0 Å². The van der Waals surface area contributed by atoms with Crippen molar-refractivity contribution in [2.75, 3.05) is 11.9 Å². The predicted octanol–water partition coefficient (Wildman–Crippen LogP) is 3.84. The number of hydrogen-bond donors (Lipinski definition) is 1. The van der Waals surface area contributed by atoms with Gasteiger partial charge in [-0.05, 0) is 42.9 Å². The Morgan fingerprint density at radius 1 is 1.21 bits per heavy atom. The molecule has 19 heavy (non-hydrogen) atoms. The Balaban J connectivity index is 2.10. The molecule has 0 bridgehead atoms. The summed E-state index contributed by atoms with van der Waals surface area (Å²) in [7, 11) is -3.55. The minimum Gasteiger partial charge on any atom is -0.211 e. The van der Waals surface area contributed by atoms with E-state index in [1.165, 1.54) is 18.2 Å². The van der Waals surface area contributed by atoms with Crippen LogP contribution in [-0.2, 0) is 10.0 Å². The summed E-state index contributed by atoms with van der Waals surface area (Å²) < 4.78 is 27.0. The molecule has 106 valence electrons. The van der Waals surface area contributed by atoms with E-state index in [1.807, 2.05) is 0 Å². The molecule has 3 nitrogen and oxygen atoms in total. The molecule has 1 N–H and O–H groups in total. The zero-order valence-electron chi connectivity index (χ0n) is 10.1. The minimum atomic E-state index is -3.55. The van der Waals surface area contributed by atoms with E-state index in [-0.39, 0.29) is 10.3 Å². The fraction of sp³-hybridized carbons (Fsp3) is 0.500. The second kappa shape index (κ2) is 5.90. The van der Waals surface area contributed by atoms with Crippen molar-refractivity contribution < 1.29 is 8.42 Å². The van der Waals surface area contributed by atoms with Crippen molar-refractivity contribution in [3.63, 3.8) is 0 Å². The zero-order valence-corrected chi connectivity index (χ0v) is 14.0. The maximum absolute atomic E-state index is 12.2. The van der Waals surface area contributed by atoms with E-state index < -0.39 is 10.0 Å². The lowest BCUT2D eigenvalue weighted by Crippen LogP contribution is -2.30. The topological polar surface area (TPSA) is 46.2 Å². The van der Waals surface area contributed by atoms with Gasteiger partial charge in [0.05, 0.1) is 4.90 Å². The van der Waals surface area contributed by atoms with Gasteiger partial charge in [-0.2, -0.15) is 0 Å². The summed E-state index contributed by atoms with van der Waals surface area (Å²) in [6.45, 7) is 0.463. The number of alkyl halides is 1. The number of halogens is 3. The summed E-state index contributed by atoms with van der Waals surface area (Å²) >= 11 is 15.0. The Bertz CT molecular complexity index is 553. The van der Waals surface area contributed by atoms with Gasteiger partial charge in [0.2, 0.25) is 10.0 Å². The van der Waals surface area contributed by atoms with Crippen LogP contribution in [0.25, 0.3) is 0 Å². The first kappa shape index (κ1) is 15.6. The van der Waals surface area contributed by atoms with Gasteiger partial charge >= 0.3 is 0 Å². The molecule has 0 radical (unpaired) electrons. The highest BCUT2D eigenvalue weighted by molar-refractivity contribution is 9.09. The third-order valence-electron chi connectivity index (χ3n) is 3.37. The lowest BCUT2D eigenvalue weighted by Gasteiger charge is -2.15. The molecule has 0 saturated heterocycles. The third kappa shape index (κ3) is 4.08. The van der Waals surface area contributed by atoms with E-state index >= 15 is 0 Å². The fourth-order valence-electron chi connectivity index (χ4n) is 1.91. The van der Waals surface area contributed by atoms with Gasteiger partial charge in [-0.3, -0.25) is 0 Å². The first-order valence-corrected chi connectivity index (χ1v) is 9.25. The van der Waals surface area contributed by atoms with Gasteiger partial charge in [0, 0.05) is 21.9 Å². The van der Waals surface area contributed by atoms with Gasteiger partial charge < -0.3 is 0 Å². The molecule has 0 aliphatic heterocycles. The van der Waals surface area contributed by atoms with Gasteiger partial charge in [0.15, 0.2) is 0 Å². The predicted molar refractivity (Wildman–Crippen MR) is 81.7 cm³/mol. The highest BCUT2D eigenvalue weighted by atomic mass is 79.9. The molecule has 7 heteroatoms. The summed E-state index contributed by atoms with van der Waals surface area (Å²) in [6.07, 6.45) is 3.11. The maximum Gasteiger partial charge on any atom is 0.240 e. The van der Waals surface area contributed by atoms with Crippen LogP contribution >= 0.6 is 39.1 Å². The maximum atomic E-state index is 12.2. The largest absolute Gasteiger partial charge is 0.240 e. The molecular formula is C12H14BrCl2NO2S. The Labute approximate surface area is 131 Å². The van der Waals surface area contributed by atoms with Crippen molar-refractivity contribution in [2.24, 2.45) is 5.41 Å². The number of hydrogen-bond acceptors (Lipinski definition) is 2. The van der Waals surface area contributed by atoms with Gasteiger partial charge in [0.25, 0.3) is 0 Å². The van der Waals surface area contributed by atoms with Crippen molar-refractivity contribution in [3.05, 3.63) is 28.2 Å². The van der Waals surface area contributed by atoms with Gasteiger partial charge in [-0.15, -0.1) is 0 Å². The number of benzene rings is 1. The summed E-state index contributed by atoms with van der Waals surface area (Å²) in [4.78, 5) is 0.111. The zero-order chi connectivity index (χ0) is 14.1. The Hall–Kier alpha value is 0.190. The lowest BCUT2D eigenvalue weighted by atomic mass is 10.1. The van der Waals surface area contributed by atoms with Crippen molar-refractivity contribution >= 4 is 49.2 Å². The molecule has 1 aliphatic carbocycles. The first-order chi connectivity index (χ1) is 8.87.